The largest absolute Gasteiger partial charge is 0.387 e. The first-order chi connectivity index (χ1) is 7.23. The first kappa shape index (κ1) is 13.4. The lowest BCUT2D eigenvalue weighted by Gasteiger charge is -2.30. The van der Waals surface area contributed by atoms with E-state index in [2.05, 4.69) is 4.90 Å². The molecule has 1 aliphatic heterocycles. The number of hydrogen-bond acceptors (Lipinski definition) is 4. The van der Waals surface area contributed by atoms with Crippen molar-refractivity contribution in [3.63, 3.8) is 0 Å². The minimum Gasteiger partial charge on any atom is -0.387 e. The standard InChI is InChI=1S/C10H21N3O2S/c1-10(2,9(11)12)3-4-13-5-7-16(14,15)8-6-13/h3-8H2,1-2H3,(H3,11,12). The van der Waals surface area contributed by atoms with Crippen molar-refractivity contribution in [2.75, 3.05) is 31.1 Å². The third kappa shape index (κ3) is 3.75. The maximum atomic E-state index is 11.2. The topological polar surface area (TPSA) is 87.2 Å². The summed E-state index contributed by atoms with van der Waals surface area (Å²) in [5.74, 6) is 0.707. The molecular weight excluding hydrogens is 226 g/mol. The summed E-state index contributed by atoms with van der Waals surface area (Å²) in [7, 11) is -2.79. The molecule has 16 heavy (non-hydrogen) atoms. The zero-order valence-electron chi connectivity index (χ0n) is 9.99. The fourth-order valence-corrected chi connectivity index (χ4v) is 2.82. The molecule has 0 radical (unpaired) electrons. The Hall–Kier alpha value is -0.620. The van der Waals surface area contributed by atoms with Gasteiger partial charge in [0, 0.05) is 18.5 Å². The summed E-state index contributed by atoms with van der Waals surface area (Å²) in [6.45, 7) is 5.90. The average Bonchev–Trinajstić information content (AvgIpc) is 2.16. The lowest BCUT2D eigenvalue weighted by molar-refractivity contribution is 0.262. The van der Waals surface area contributed by atoms with Gasteiger partial charge in [0.25, 0.3) is 0 Å². The smallest absolute Gasteiger partial charge is 0.152 e. The number of nitrogens with one attached hydrogen (secondary N) is 1. The highest BCUT2D eigenvalue weighted by molar-refractivity contribution is 7.91. The monoisotopic (exact) mass is 247 g/mol. The van der Waals surface area contributed by atoms with Crippen molar-refractivity contribution in [2.24, 2.45) is 11.1 Å². The zero-order chi connectivity index (χ0) is 12.4. The van der Waals surface area contributed by atoms with Gasteiger partial charge in [-0.15, -0.1) is 0 Å². The predicted octanol–water partition coefficient (Wildman–Crippen LogP) is 0.0691. The normalized spacial score (nSPS) is 21.9. The molecule has 0 aromatic carbocycles. The van der Waals surface area contributed by atoms with Gasteiger partial charge in [-0.3, -0.25) is 5.41 Å². The van der Waals surface area contributed by atoms with Gasteiger partial charge in [-0.2, -0.15) is 0 Å². The van der Waals surface area contributed by atoms with Crippen molar-refractivity contribution >= 4 is 15.7 Å². The highest BCUT2D eigenvalue weighted by Gasteiger charge is 2.25. The van der Waals surface area contributed by atoms with Gasteiger partial charge in [-0.05, 0) is 13.0 Å². The van der Waals surface area contributed by atoms with Crippen LogP contribution in [0, 0.1) is 10.8 Å². The van der Waals surface area contributed by atoms with E-state index in [0.29, 0.717) is 13.1 Å². The summed E-state index contributed by atoms with van der Waals surface area (Å²) in [6.07, 6.45) is 0.794. The molecule has 6 heteroatoms. The second-order valence-electron chi connectivity index (χ2n) is 5.04. The summed E-state index contributed by atoms with van der Waals surface area (Å²) >= 11 is 0. The van der Waals surface area contributed by atoms with Crippen molar-refractivity contribution in [3.8, 4) is 0 Å². The SMILES string of the molecule is CC(C)(CCN1CCS(=O)(=O)CC1)C(=N)N. The van der Waals surface area contributed by atoms with E-state index in [9.17, 15) is 8.42 Å². The molecule has 3 N–H and O–H groups in total. The molecule has 0 bridgehead atoms. The maximum absolute atomic E-state index is 11.2. The summed E-state index contributed by atoms with van der Waals surface area (Å²) < 4.78 is 22.4. The average molecular weight is 247 g/mol. The van der Waals surface area contributed by atoms with E-state index in [1.807, 2.05) is 13.8 Å². The molecular formula is C10H21N3O2S. The highest BCUT2D eigenvalue weighted by Crippen LogP contribution is 2.20. The molecule has 1 heterocycles. The fourth-order valence-electron chi connectivity index (χ4n) is 1.55. The van der Waals surface area contributed by atoms with Gasteiger partial charge in [-0.25, -0.2) is 8.42 Å². The Morgan fingerprint density at radius 2 is 1.88 bits per heavy atom. The quantitative estimate of drug-likeness (QED) is 0.543. The van der Waals surface area contributed by atoms with Crippen LogP contribution >= 0.6 is 0 Å². The van der Waals surface area contributed by atoms with Gasteiger partial charge in [-0.1, -0.05) is 13.8 Å². The van der Waals surface area contributed by atoms with Crippen molar-refractivity contribution < 1.29 is 8.42 Å². The van der Waals surface area contributed by atoms with Crippen molar-refractivity contribution in [1.29, 1.82) is 5.41 Å². The highest BCUT2D eigenvalue weighted by atomic mass is 32.2. The van der Waals surface area contributed by atoms with Gasteiger partial charge in [0.05, 0.1) is 17.3 Å². The molecule has 0 aromatic heterocycles. The zero-order valence-corrected chi connectivity index (χ0v) is 10.8. The molecule has 0 amide bonds. The Bertz CT molecular complexity index is 348. The maximum Gasteiger partial charge on any atom is 0.152 e. The van der Waals surface area contributed by atoms with Crippen molar-refractivity contribution in [2.45, 2.75) is 20.3 Å². The van der Waals surface area contributed by atoms with E-state index in [-0.39, 0.29) is 22.8 Å². The Kier molecular flexibility index (Phi) is 3.96. The van der Waals surface area contributed by atoms with Crippen LogP contribution in [0.25, 0.3) is 0 Å². The van der Waals surface area contributed by atoms with E-state index in [0.717, 1.165) is 13.0 Å². The number of rotatable bonds is 4. The Morgan fingerprint density at radius 3 is 2.31 bits per heavy atom. The third-order valence-electron chi connectivity index (χ3n) is 3.22. The molecule has 0 aromatic rings. The number of nitrogens with two attached hydrogens (primary N) is 1. The van der Waals surface area contributed by atoms with Crippen LogP contribution in [0.4, 0.5) is 0 Å². The molecule has 0 unspecified atom stereocenters. The second-order valence-corrected chi connectivity index (χ2v) is 7.34. The van der Waals surface area contributed by atoms with Gasteiger partial charge in [0.1, 0.15) is 0 Å². The summed E-state index contributed by atoms with van der Waals surface area (Å²) in [5, 5.41) is 7.44. The van der Waals surface area contributed by atoms with E-state index in [1.165, 1.54) is 0 Å². The number of sulfone groups is 1. The number of hydrogen-bond donors (Lipinski definition) is 2. The van der Waals surface area contributed by atoms with Crippen LogP contribution in [-0.2, 0) is 9.84 Å². The van der Waals surface area contributed by atoms with Crippen LogP contribution in [0.15, 0.2) is 0 Å². The van der Waals surface area contributed by atoms with Gasteiger partial charge in [0.2, 0.25) is 0 Å². The van der Waals surface area contributed by atoms with Crippen LogP contribution in [0.5, 0.6) is 0 Å². The van der Waals surface area contributed by atoms with Crippen molar-refractivity contribution in [3.05, 3.63) is 0 Å². The Balaban J connectivity index is 2.38. The lowest BCUT2D eigenvalue weighted by atomic mass is 9.88. The first-order valence-electron chi connectivity index (χ1n) is 5.50. The van der Waals surface area contributed by atoms with E-state index in [4.69, 9.17) is 11.1 Å². The van der Waals surface area contributed by atoms with E-state index in [1.54, 1.807) is 0 Å². The van der Waals surface area contributed by atoms with Crippen LogP contribution in [0.2, 0.25) is 0 Å². The summed E-state index contributed by atoms with van der Waals surface area (Å²) in [6, 6.07) is 0. The molecule has 0 spiro atoms. The van der Waals surface area contributed by atoms with Crippen LogP contribution in [0.3, 0.4) is 0 Å². The summed E-state index contributed by atoms with van der Waals surface area (Å²) in [5.41, 5.74) is 5.20. The molecule has 0 atom stereocenters. The van der Waals surface area contributed by atoms with Crippen molar-refractivity contribution in [1.82, 2.24) is 4.90 Å². The molecule has 94 valence electrons. The van der Waals surface area contributed by atoms with E-state index < -0.39 is 9.84 Å². The molecule has 0 saturated carbocycles. The summed E-state index contributed by atoms with van der Waals surface area (Å²) in [4.78, 5) is 2.13. The first-order valence-corrected chi connectivity index (χ1v) is 7.32. The van der Waals surface area contributed by atoms with E-state index >= 15 is 0 Å². The minimum absolute atomic E-state index is 0.192. The Morgan fingerprint density at radius 1 is 1.38 bits per heavy atom. The lowest BCUT2D eigenvalue weighted by Crippen LogP contribution is -2.43. The number of nitrogens with zero attached hydrogens (tertiary/aromatic N) is 1. The van der Waals surface area contributed by atoms with Crippen LogP contribution in [0.1, 0.15) is 20.3 Å². The molecule has 1 aliphatic rings. The fraction of sp³-hybridized carbons (Fsp3) is 0.900. The Labute approximate surface area is 97.4 Å². The predicted molar refractivity (Wildman–Crippen MR) is 65.4 cm³/mol. The van der Waals surface area contributed by atoms with Gasteiger partial charge in [0.15, 0.2) is 9.84 Å². The molecule has 5 nitrogen and oxygen atoms in total. The molecule has 1 rings (SSSR count). The minimum atomic E-state index is -2.79. The van der Waals surface area contributed by atoms with Crippen LogP contribution in [-0.4, -0.2) is 50.3 Å². The molecule has 1 saturated heterocycles. The second kappa shape index (κ2) is 4.71. The molecule has 1 fully saturated rings. The van der Waals surface area contributed by atoms with Gasteiger partial charge >= 0.3 is 0 Å². The molecule has 0 aliphatic carbocycles. The third-order valence-corrected chi connectivity index (χ3v) is 4.83. The van der Waals surface area contributed by atoms with Crippen LogP contribution < -0.4 is 5.73 Å². The van der Waals surface area contributed by atoms with Gasteiger partial charge < -0.3 is 10.6 Å². The number of amidine groups is 1.